The van der Waals surface area contributed by atoms with Gasteiger partial charge in [0.1, 0.15) is 17.3 Å². The van der Waals surface area contributed by atoms with E-state index >= 15 is 0 Å². The van der Waals surface area contributed by atoms with E-state index in [1.54, 1.807) is 6.92 Å². The van der Waals surface area contributed by atoms with Crippen LogP contribution in [0.15, 0.2) is 34.0 Å². The number of rotatable bonds is 14. The van der Waals surface area contributed by atoms with Gasteiger partial charge in [0.05, 0.1) is 18.1 Å². The van der Waals surface area contributed by atoms with Crippen LogP contribution in [0.25, 0.3) is 0 Å². The maximum Gasteiger partial charge on any atom is 0.277 e. The van der Waals surface area contributed by atoms with Crippen LogP contribution in [-0.4, -0.2) is 58.9 Å². The number of nitrogens with zero attached hydrogens (tertiary/aromatic N) is 3. The lowest BCUT2D eigenvalue weighted by atomic mass is 9.99. The molecular formula is C25H36N4O6S. The molecule has 0 aliphatic rings. The van der Waals surface area contributed by atoms with Crippen molar-refractivity contribution in [2.45, 2.75) is 57.9 Å². The van der Waals surface area contributed by atoms with Crippen molar-refractivity contribution in [3.8, 4) is 11.9 Å². The Balaban J connectivity index is 2.44. The number of aromatic nitrogens is 1. The highest BCUT2D eigenvalue weighted by atomic mass is 32.2. The summed E-state index contributed by atoms with van der Waals surface area (Å²) < 4.78 is 27.9. The molecule has 2 rings (SSSR count). The fourth-order valence-electron chi connectivity index (χ4n) is 4.02. The van der Waals surface area contributed by atoms with Crippen LogP contribution in [-0.2, 0) is 16.6 Å². The van der Waals surface area contributed by atoms with E-state index in [0.29, 0.717) is 11.3 Å². The summed E-state index contributed by atoms with van der Waals surface area (Å²) in [7, 11) is -3.93. The molecule has 10 nitrogen and oxygen atoms in total. The number of aliphatic hydroxyl groups excluding tert-OH is 2. The molecule has 11 heteroatoms. The zero-order chi connectivity index (χ0) is 26.9. The van der Waals surface area contributed by atoms with Crippen molar-refractivity contribution in [3.05, 3.63) is 45.7 Å². The molecule has 0 amide bonds. The smallest absolute Gasteiger partial charge is 0.277 e. The van der Waals surface area contributed by atoms with Crippen molar-refractivity contribution < 1.29 is 23.7 Å². The SMILES string of the molecule is CCCCC(CC)Cn1c(O)c(C#N)c(C)c(Nc2ccc(S(=O)(=O)N(CCO)CCO)cc2)c1=O. The van der Waals surface area contributed by atoms with Gasteiger partial charge in [-0.05, 0) is 43.5 Å². The summed E-state index contributed by atoms with van der Waals surface area (Å²) in [5.41, 5.74) is 0.390. The topological polar surface area (TPSA) is 156 Å². The molecular weight excluding hydrogens is 484 g/mol. The fourth-order valence-corrected chi connectivity index (χ4v) is 5.45. The third kappa shape index (κ3) is 6.64. The Kier molecular flexibility index (Phi) is 10.9. The van der Waals surface area contributed by atoms with Gasteiger partial charge in [0.25, 0.3) is 5.56 Å². The first-order valence-electron chi connectivity index (χ1n) is 12.1. The summed E-state index contributed by atoms with van der Waals surface area (Å²) in [6, 6.07) is 7.67. The molecule has 0 fully saturated rings. The van der Waals surface area contributed by atoms with Gasteiger partial charge in [-0.25, -0.2) is 8.42 Å². The van der Waals surface area contributed by atoms with Crippen LogP contribution in [0.4, 0.5) is 11.4 Å². The number of hydrogen-bond acceptors (Lipinski definition) is 8. The van der Waals surface area contributed by atoms with Gasteiger partial charge < -0.3 is 20.6 Å². The highest BCUT2D eigenvalue weighted by molar-refractivity contribution is 7.89. The summed E-state index contributed by atoms with van der Waals surface area (Å²) in [6.45, 7) is 4.90. The monoisotopic (exact) mass is 520 g/mol. The van der Waals surface area contributed by atoms with E-state index < -0.39 is 15.6 Å². The number of aromatic hydroxyl groups is 1. The first-order valence-corrected chi connectivity index (χ1v) is 13.6. The predicted octanol–water partition coefficient (Wildman–Crippen LogP) is 2.67. The molecule has 0 saturated heterocycles. The molecule has 0 aliphatic heterocycles. The molecule has 1 atom stereocenters. The Labute approximate surface area is 212 Å². The highest BCUT2D eigenvalue weighted by Gasteiger charge is 2.24. The van der Waals surface area contributed by atoms with Crippen molar-refractivity contribution in [1.29, 1.82) is 5.26 Å². The number of nitriles is 1. The van der Waals surface area contributed by atoms with Crippen LogP contribution >= 0.6 is 0 Å². The Bertz CT molecular complexity index is 1210. The average molecular weight is 521 g/mol. The number of sulfonamides is 1. The molecule has 4 N–H and O–H groups in total. The molecule has 0 saturated carbocycles. The van der Waals surface area contributed by atoms with Crippen molar-refractivity contribution in [3.63, 3.8) is 0 Å². The first kappa shape index (κ1) is 29.3. The van der Waals surface area contributed by atoms with E-state index in [9.17, 15) is 23.6 Å². The van der Waals surface area contributed by atoms with E-state index in [1.165, 1.54) is 28.8 Å². The van der Waals surface area contributed by atoms with Crippen LogP contribution < -0.4 is 10.9 Å². The maximum absolute atomic E-state index is 13.3. The zero-order valence-electron chi connectivity index (χ0n) is 21.1. The van der Waals surface area contributed by atoms with Crippen LogP contribution in [0.5, 0.6) is 5.88 Å². The summed E-state index contributed by atoms with van der Waals surface area (Å²) in [5.74, 6) is -0.185. The lowest BCUT2D eigenvalue weighted by molar-refractivity contribution is 0.217. The third-order valence-electron chi connectivity index (χ3n) is 6.24. The third-order valence-corrected chi connectivity index (χ3v) is 8.16. The molecule has 1 aromatic carbocycles. The number of anilines is 2. The van der Waals surface area contributed by atoms with E-state index in [0.717, 1.165) is 30.0 Å². The molecule has 0 bridgehead atoms. The fraction of sp³-hybridized carbons (Fsp3) is 0.520. The molecule has 1 heterocycles. The number of nitrogens with one attached hydrogen (secondary N) is 1. The van der Waals surface area contributed by atoms with Crippen molar-refractivity contribution in [1.82, 2.24) is 8.87 Å². The minimum atomic E-state index is -3.93. The molecule has 0 spiro atoms. The standard InChI is InChI=1S/C25H36N4O6S/c1-4-6-7-19(5-2)17-29-24(32)22(16-26)18(3)23(25(29)33)27-20-8-10-21(11-9-20)36(34,35)28(12-14-30)13-15-31/h8-11,19,27,30-32H,4-7,12-15,17H2,1-3H3. The summed E-state index contributed by atoms with van der Waals surface area (Å²) in [5, 5.41) is 41.6. The van der Waals surface area contributed by atoms with Gasteiger partial charge in [0, 0.05) is 30.9 Å². The van der Waals surface area contributed by atoms with E-state index in [-0.39, 0.29) is 60.8 Å². The van der Waals surface area contributed by atoms with E-state index in [2.05, 4.69) is 12.2 Å². The second-order valence-electron chi connectivity index (χ2n) is 8.64. The van der Waals surface area contributed by atoms with E-state index in [4.69, 9.17) is 10.2 Å². The van der Waals surface area contributed by atoms with Gasteiger partial charge in [-0.3, -0.25) is 9.36 Å². The molecule has 0 aliphatic carbocycles. The van der Waals surface area contributed by atoms with Crippen molar-refractivity contribution in [2.75, 3.05) is 31.6 Å². The Hall–Kier alpha value is -2.91. The van der Waals surface area contributed by atoms with E-state index in [1.807, 2.05) is 13.0 Å². The number of benzene rings is 1. The summed E-state index contributed by atoms with van der Waals surface area (Å²) in [6.07, 6.45) is 3.74. The lowest BCUT2D eigenvalue weighted by Gasteiger charge is -2.21. The van der Waals surface area contributed by atoms with Gasteiger partial charge >= 0.3 is 0 Å². The van der Waals surface area contributed by atoms with Crippen molar-refractivity contribution in [2.24, 2.45) is 5.92 Å². The van der Waals surface area contributed by atoms with Gasteiger partial charge in [-0.1, -0.05) is 33.1 Å². The second-order valence-corrected chi connectivity index (χ2v) is 10.6. The number of hydrogen-bond donors (Lipinski definition) is 4. The van der Waals surface area contributed by atoms with Gasteiger partial charge in [-0.2, -0.15) is 9.57 Å². The molecule has 0 radical (unpaired) electrons. The van der Waals surface area contributed by atoms with Crippen LogP contribution in [0.3, 0.4) is 0 Å². The second kappa shape index (κ2) is 13.4. The Morgan fingerprint density at radius 2 is 1.75 bits per heavy atom. The van der Waals surface area contributed by atoms with Gasteiger partial charge in [-0.15, -0.1) is 0 Å². The van der Waals surface area contributed by atoms with Gasteiger partial charge in [0.15, 0.2) is 0 Å². The minimum Gasteiger partial charge on any atom is -0.493 e. The maximum atomic E-state index is 13.3. The molecule has 2 aromatic rings. The first-order chi connectivity index (χ1) is 17.2. The lowest BCUT2D eigenvalue weighted by Crippen LogP contribution is -2.35. The number of unbranched alkanes of at least 4 members (excludes halogenated alkanes) is 1. The summed E-state index contributed by atoms with van der Waals surface area (Å²) in [4.78, 5) is 13.3. The van der Waals surface area contributed by atoms with Crippen LogP contribution in [0.1, 0.15) is 50.7 Å². The zero-order valence-corrected chi connectivity index (χ0v) is 21.9. The van der Waals surface area contributed by atoms with Crippen LogP contribution in [0, 0.1) is 24.2 Å². The Morgan fingerprint density at radius 3 is 2.25 bits per heavy atom. The predicted molar refractivity (Wildman–Crippen MR) is 138 cm³/mol. The van der Waals surface area contributed by atoms with Gasteiger partial charge in [0.2, 0.25) is 15.9 Å². The largest absolute Gasteiger partial charge is 0.493 e. The quantitative estimate of drug-likeness (QED) is 0.296. The Morgan fingerprint density at radius 1 is 1.14 bits per heavy atom. The van der Waals surface area contributed by atoms with Crippen LogP contribution in [0.2, 0.25) is 0 Å². The number of aliphatic hydroxyl groups is 2. The normalized spacial score (nSPS) is 12.5. The minimum absolute atomic E-state index is 0.00490. The summed E-state index contributed by atoms with van der Waals surface area (Å²) >= 11 is 0. The molecule has 36 heavy (non-hydrogen) atoms. The molecule has 1 unspecified atom stereocenters. The molecule has 198 valence electrons. The average Bonchev–Trinajstić information content (AvgIpc) is 2.86. The van der Waals surface area contributed by atoms with Crippen molar-refractivity contribution >= 4 is 21.4 Å². The molecule has 1 aromatic heterocycles. The number of pyridine rings is 1. The highest BCUT2D eigenvalue weighted by Crippen LogP contribution is 2.28.